The second-order valence-corrected chi connectivity index (χ2v) is 10.4. The molecular formula is C32H35N7. The maximum absolute atomic E-state index is 4.70. The molecule has 1 saturated heterocycles. The van der Waals surface area contributed by atoms with Gasteiger partial charge in [-0.2, -0.15) is 5.10 Å². The van der Waals surface area contributed by atoms with Crippen LogP contribution in [-0.4, -0.2) is 54.3 Å². The fraction of sp³-hybridized carbons (Fsp3) is 0.281. The van der Waals surface area contributed by atoms with Crippen LogP contribution in [0.2, 0.25) is 0 Å². The van der Waals surface area contributed by atoms with Gasteiger partial charge < -0.3 is 9.88 Å². The monoisotopic (exact) mass is 517 g/mol. The van der Waals surface area contributed by atoms with Crippen molar-refractivity contribution in [3.05, 3.63) is 90.7 Å². The van der Waals surface area contributed by atoms with Crippen LogP contribution in [0.1, 0.15) is 43.9 Å². The van der Waals surface area contributed by atoms with Gasteiger partial charge in [0, 0.05) is 23.2 Å². The van der Waals surface area contributed by atoms with Gasteiger partial charge in [-0.15, -0.1) is 0 Å². The molecule has 0 aliphatic carbocycles. The Kier molecular flexibility index (Phi) is 6.99. The molecule has 7 nitrogen and oxygen atoms in total. The zero-order chi connectivity index (χ0) is 26.8. The van der Waals surface area contributed by atoms with Gasteiger partial charge in [0.2, 0.25) is 0 Å². The zero-order valence-electron chi connectivity index (χ0n) is 22.7. The highest BCUT2D eigenvalue weighted by Crippen LogP contribution is 2.32. The molecule has 0 radical (unpaired) electrons. The zero-order valence-corrected chi connectivity index (χ0v) is 22.7. The Balaban J connectivity index is 1.30. The van der Waals surface area contributed by atoms with E-state index >= 15 is 0 Å². The summed E-state index contributed by atoms with van der Waals surface area (Å²) in [5.74, 6) is 0.846. The second kappa shape index (κ2) is 10.9. The van der Waals surface area contributed by atoms with E-state index in [2.05, 4.69) is 74.9 Å². The molecule has 5 aromatic rings. The third kappa shape index (κ3) is 5.10. The van der Waals surface area contributed by atoms with E-state index in [1.807, 2.05) is 36.0 Å². The number of aryl methyl sites for hydroxylation is 1. The molecule has 7 heteroatoms. The van der Waals surface area contributed by atoms with Crippen LogP contribution in [0.5, 0.6) is 0 Å². The number of hydrogen-bond acceptors (Lipinski definition) is 4. The second-order valence-electron chi connectivity index (χ2n) is 10.4. The van der Waals surface area contributed by atoms with Gasteiger partial charge in [0.25, 0.3) is 0 Å². The maximum Gasteiger partial charge on any atom is 0.147 e. The Morgan fingerprint density at radius 2 is 1.95 bits per heavy atom. The van der Waals surface area contributed by atoms with E-state index in [9.17, 15) is 0 Å². The van der Waals surface area contributed by atoms with Crippen LogP contribution in [0.15, 0.2) is 79.4 Å². The standard InChI is InChI=1S/C32H35N7/c1-4-23(9-8-16-38-14-6-7-15-38)17-24(5-2)25-10-11-29-26(18-25)31(37-36-29)30-19-27-28(35-30)12-13-33-32(27)39-20-22(3)34-21-39/h4-5,10-13,17-21,35H,1,6-9,14-16H2,2-3H3,(H,36,37)/b23-17+,24-5+. The van der Waals surface area contributed by atoms with Crippen LogP contribution < -0.4 is 0 Å². The third-order valence-corrected chi connectivity index (χ3v) is 7.69. The molecule has 0 saturated carbocycles. The number of nitrogens with zero attached hydrogens (tertiary/aromatic N) is 5. The summed E-state index contributed by atoms with van der Waals surface area (Å²) >= 11 is 0. The lowest BCUT2D eigenvalue weighted by Crippen LogP contribution is -2.20. The molecule has 39 heavy (non-hydrogen) atoms. The average Bonchev–Trinajstić information content (AvgIpc) is 3.76. The number of fused-ring (bicyclic) bond motifs is 2. The molecule has 2 N–H and O–H groups in total. The number of benzene rings is 1. The molecule has 6 rings (SSSR count). The molecule has 5 heterocycles. The van der Waals surface area contributed by atoms with Gasteiger partial charge in [-0.3, -0.25) is 9.67 Å². The molecule has 0 spiro atoms. The van der Waals surface area contributed by atoms with Crippen LogP contribution >= 0.6 is 0 Å². The van der Waals surface area contributed by atoms with Crippen molar-refractivity contribution in [3.63, 3.8) is 0 Å². The Hall–Kier alpha value is -4.23. The molecule has 1 fully saturated rings. The van der Waals surface area contributed by atoms with Gasteiger partial charge >= 0.3 is 0 Å². The summed E-state index contributed by atoms with van der Waals surface area (Å²) in [7, 11) is 0. The van der Waals surface area contributed by atoms with E-state index < -0.39 is 0 Å². The highest BCUT2D eigenvalue weighted by Gasteiger charge is 2.15. The molecule has 1 aliphatic heterocycles. The highest BCUT2D eigenvalue weighted by atomic mass is 15.1. The van der Waals surface area contributed by atoms with E-state index in [4.69, 9.17) is 5.10 Å². The van der Waals surface area contributed by atoms with Gasteiger partial charge in [-0.25, -0.2) is 9.97 Å². The smallest absolute Gasteiger partial charge is 0.147 e. The minimum Gasteiger partial charge on any atom is -0.353 e. The van der Waals surface area contributed by atoms with E-state index in [-0.39, 0.29) is 0 Å². The lowest BCUT2D eigenvalue weighted by molar-refractivity contribution is 0.334. The van der Waals surface area contributed by atoms with Crippen molar-refractivity contribution in [1.82, 2.24) is 34.6 Å². The number of aromatic amines is 2. The van der Waals surface area contributed by atoms with Crippen molar-refractivity contribution >= 4 is 27.4 Å². The third-order valence-electron chi connectivity index (χ3n) is 7.69. The molecule has 0 unspecified atom stereocenters. The lowest BCUT2D eigenvalue weighted by Gasteiger charge is -2.14. The van der Waals surface area contributed by atoms with Crippen LogP contribution in [0, 0.1) is 6.92 Å². The number of hydrogen-bond donors (Lipinski definition) is 2. The summed E-state index contributed by atoms with van der Waals surface area (Å²) in [4.78, 5) is 15.1. The summed E-state index contributed by atoms with van der Waals surface area (Å²) < 4.78 is 1.96. The summed E-state index contributed by atoms with van der Waals surface area (Å²) in [5.41, 5.74) is 8.45. The first-order chi connectivity index (χ1) is 19.1. The highest BCUT2D eigenvalue weighted by molar-refractivity contribution is 5.98. The SMILES string of the molecule is C=C/C(=C\C(=C/C)c1ccc2[nH]nc(-c3cc4c(-n5cnc(C)c5)nccc4[nH]3)c2c1)CCCN1CCCC1. The number of rotatable bonds is 9. The normalized spacial score (nSPS) is 15.1. The van der Waals surface area contributed by atoms with E-state index in [1.54, 1.807) is 6.33 Å². The topological polar surface area (TPSA) is 78.4 Å². The van der Waals surface area contributed by atoms with Crippen molar-refractivity contribution in [2.75, 3.05) is 19.6 Å². The van der Waals surface area contributed by atoms with Gasteiger partial charge in [0.05, 0.1) is 22.4 Å². The predicted octanol–water partition coefficient (Wildman–Crippen LogP) is 6.99. The summed E-state index contributed by atoms with van der Waals surface area (Å²) in [6, 6.07) is 10.6. The molecule has 4 aromatic heterocycles. The van der Waals surface area contributed by atoms with Crippen molar-refractivity contribution < 1.29 is 0 Å². The molecule has 0 atom stereocenters. The van der Waals surface area contributed by atoms with Crippen LogP contribution in [0.3, 0.4) is 0 Å². The van der Waals surface area contributed by atoms with E-state index in [0.717, 1.165) is 57.5 Å². The van der Waals surface area contributed by atoms with Crippen LogP contribution in [-0.2, 0) is 0 Å². The number of imidazole rings is 1. The van der Waals surface area contributed by atoms with Crippen molar-refractivity contribution in [2.24, 2.45) is 0 Å². The number of allylic oxidation sites excluding steroid dienone is 5. The Bertz CT molecular complexity index is 1690. The average molecular weight is 518 g/mol. The first kappa shape index (κ1) is 25.1. The van der Waals surface area contributed by atoms with Gasteiger partial charge in [0.15, 0.2) is 0 Å². The number of nitrogens with one attached hydrogen (secondary N) is 2. The Morgan fingerprint density at radius 1 is 1.08 bits per heavy atom. The van der Waals surface area contributed by atoms with Gasteiger partial charge in [0.1, 0.15) is 17.8 Å². The minimum atomic E-state index is 0.846. The number of aromatic nitrogens is 6. The van der Waals surface area contributed by atoms with Gasteiger partial charge in [-0.1, -0.05) is 30.9 Å². The fourth-order valence-corrected chi connectivity index (χ4v) is 5.59. The van der Waals surface area contributed by atoms with Crippen LogP contribution in [0.25, 0.3) is 44.6 Å². The first-order valence-electron chi connectivity index (χ1n) is 13.8. The predicted molar refractivity (Wildman–Crippen MR) is 160 cm³/mol. The van der Waals surface area contributed by atoms with E-state index in [0.29, 0.717) is 0 Å². The summed E-state index contributed by atoms with van der Waals surface area (Å²) in [5, 5.41) is 10.0. The molecular weight excluding hydrogens is 482 g/mol. The van der Waals surface area contributed by atoms with Gasteiger partial charge in [-0.05, 0) is 100 Å². The van der Waals surface area contributed by atoms with E-state index in [1.165, 1.54) is 49.2 Å². The summed E-state index contributed by atoms with van der Waals surface area (Å²) in [6.07, 6.45) is 17.0. The molecule has 0 bridgehead atoms. The number of likely N-dealkylation sites (tertiary alicyclic amines) is 1. The first-order valence-corrected chi connectivity index (χ1v) is 13.8. The Morgan fingerprint density at radius 3 is 2.72 bits per heavy atom. The number of H-pyrrole nitrogens is 2. The molecule has 198 valence electrons. The van der Waals surface area contributed by atoms with Crippen molar-refractivity contribution in [2.45, 2.75) is 39.5 Å². The number of pyridine rings is 1. The molecule has 1 aromatic carbocycles. The largest absolute Gasteiger partial charge is 0.353 e. The molecule has 1 aliphatic rings. The molecule has 0 amide bonds. The van der Waals surface area contributed by atoms with Crippen molar-refractivity contribution in [3.8, 4) is 17.2 Å². The minimum absolute atomic E-state index is 0.846. The van der Waals surface area contributed by atoms with Crippen LogP contribution in [0.4, 0.5) is 0 Å². The lowest BCUT2D eigenvalue weighted by atomic mass is 9.98. The quantitative estimate of drug-likeness (QED) is 0.207. The fourth-order valence-electron chi connectivity index (χ4n) is 5.59. The maximum atomic E-state index is 4.70. The Labute approximate surface area is 229 Å². The summed E-state index contributed by atoms with van der Waals surface area (Å²) in [6.45, 7) is 11.8. The van der Waals surface area contributed by atoms with Crippen molar-refractivity contribution in [1.29, 1.82) is 0 Å².